The zero-order valence-electron chi connectivity index (χ0n) is 9.88. The van der Waals surface area contributed by atoms with E-state index in [2.05, 4.69) is 41.0 Å². The zero-order valence-corrected chi connectivity index (χ0v) is 9.88. The van der Waals surface area contributed by atoms with Gasteiger partial charge in [-0.2, -0.15) is 5.10 Å². The number of aromatic nitrogens is 2. The van der Waals surface area contributed by atoms with Gasteiger partial charge >= 0.3 is 0 Å². The lowest BCUT2D eigenvalue weighted by molar-refractivity contribution is 0.392. The molecule has 0 aliphatic carbocycles. The van der Waals surface area contributed by atoms with Crippen LogP contribution in [0.4, 0.5) is 0 Å². The molecule has 0 fully saturated rings. The average Bonchev–Trinajstić information content (AvgIpc) is 2.56. The molecular formula is C11H20N4. The highest BCUT2D eigenvalue weighted by Gasteiger charge is 2.19. The summed E-state index contributed by atoms with van der Waals surface area (Å²) in [7, 11) is 4.18. The van der Waals surface area contributed by atoms with Crippen molar-refractivity contribution >= 4 is 0 Å². The van der Waals surface area contributed by atoms with Gasteiger partial charge < -0.3 is 10.2 Å². The van der Waals surface area contributed by atoms with E-state index in [9.17, 15) is 0 Å². The number of fused-ring (bicyclic) bond motifs is 1. The van der Waals surface area contributed by atoms with E-state index < -0.39 is 0 Å². The molecule has 0 amide bonds. The first-order valence-electron chi connectivity index (χ1n) is 5.65. The fourth-order valence-electron chi connectivity index (χ4n) is 2.18. The molecule has 1 N–H and O–H groups in total. The summed E-state index contributed by atoms with van der Waals surface area (Å²) < 4.78 is 2.16. The third-order valence-corrected chi connectivity index (χ3v) is 2.86. The second-order valence-corrected chi connectivity index (χ2v) is 4.35. The van der Waals surface area contributed by atoms with Crippen molar-refractivity contribution in [2.45, 2.75) is 33.0 Å². The maximum atomic E-state index is 4.69. The summed E-state index contributed by atoms with van der Waals surface area (Å²) in [4.78, 5) is 2.18. The molecule has 84 valence electrons. The van der Waals surface area contributed by atoms with Crippen molar-refractivity contribution < 1.29 is 0 Å². The first kappa shape index (κ1) is 10.6. The standard InChI is InChI=1S/C11H20N4/c1-4-15-11-5-6-12-7-9(11)10(13-15)8-14(2)3/h12H,4-8H2,1-3H3. The Hall–Kier alpha value is -0.870. The number of hydrogen-bond donors (Lipinski definition) is 1. The van der Waals surface area contributed by atoms with Crippen LogP contribution < -0.4 is 5.32 Å². The van der Waals surface area contributed by atoms with E-state index in [-0.39, 0.29) is 0 Å². The van der Waals surface area contributed by atoms with Crippen molar-refractivity contribution in [3.05, 3.63) is 17.0 Å². The minimum absolute atomic E-state index is 0.941. The lowest BCUT2D eigenvalue weighted by Gasteiger charge is -2.15. The van der Waals surface area contributed by atoms with E-state index in [0.717, 1.165) is 32.6 Å². The summed E-state index contributed by atoms with van der Waals surface area (Å²) >= 11 is 0. The van der Waals surface area contributed by atoms with Crippen LogP contribution in [0.25, 0.3) is 0 Å². The first-order valence-corrected chi connectivity index (χ1v) is 5.65. The van der Waals surface area contributed by atoms with Crippen molar-refractivity contribution in [1.29, 1.82) is 0 Å². The van der Waals surface area contributed by atoms with Crippen molar-refractivity contribution in [2.24, 2.45) is 0 Å². The van der Waals surface area contributed by atoms with Crippen molar-refractivity contribution in [1.82, 2.24) is 20.0 Å². The molecule has 0 aromatic carbocycles. The quantitative estimate of drug-likeness (QED) is 0.790. The Labute approximate surface area is 91.3 Å². The maximum absolute atomic E-state index is 4.69. The van der Waals surface area contributed by atoms with Crippen LogP contribution in [0.15, 0.2) is 0 Å². The highest BCUT2D eigenvalue weighted by Crippen LogP contribution is 2.19. The van der Waals surface area contributed by atoms with Gasteiger partial charge in [-0.15, -0.1) is 0 Å². The van der Waals surface area contributed by atoms with E-state index in [1.165, 1.54) is 17.0 Å². The SMILES string of the molecule is CCn1nc(CN(C)C)c2c1CCNC2. The molecule has 0 saturated carbocycles. The summed E-state index contributed by atoms with van der Waals surface area (Å²) in [6.45, 7) is 6.15. The molecule has 4 nitrogen and oxygen atoms in total. The minimum atomic E-state index is 0.941. The molecule has 0 saturated heterocycles. The van der Waals surface area contributed by atoms with Crippen LogP contribution in [0.1, 0.15) is 23.9 Å². The second-order valence-electron chi connectivity index (χ2n) is 4.35. The Bertz CT molecular complexity index is 341. The Morgan fingerprint density at radius 2 is 2.27 bits per heavy atom. The van der Waals surface area contributed by atoms with Crippen LogP contribution in [0.2, 0.25) is 0 Å². The van der Waals surface area contributed by atoms with Gasteiger partial charge in [-0.25, -0.2) is 0 Å². The van der Waals surface area contributed by atoms with Gasteiger partial charge in [0.05, 0.1) is 5.69 Å². The average molecular weight is 208 g/mol. The van der Waals surface area contributed by atoms with Gasteiger partial charge in [0.25, 0.3) is 0 Å². The van der Waals surface area contributed by atoms with Gasteiger partial charge in [0, 0.05) is 43.9 Å². The molecule has 1 aromatic heterocycles. The van der Waals surface area contributed by atoms with Gasteiger partial charge in [0.15, 0.2) is 0 Å². The third kappa shape index (κ3) is 2.06. The summed E-state index contributed by atoms with van der Waals surface area (Å²) in [6.07, 6.45) is 1.11. The molecule has 0 atom stereocenters. The summed E-state index contributed by atoms with van der Waals surface area (Å²) in [5, 5.41) is 8.11. The monoisotopic (exact) mass is 208 g/mol. The molecule has 0 bridgehead atoms. The van der Waals surface area contributed by atoms with Crippen LogP contribution in [-0.4, -0.2) is 35.3 Å². The lowest BCUT2D eigenvalue weighted by atomic mass is 10.1. The predicted molar refractivity (Wildman–Crippen MR) is 60.7 cm³/mol. The highest BCUT2D eigenvalue weighted by atomic mass is 15.3. The minimum Gasteiger partial charge on any atom is -0.312 e. The van der Waals surface area contributed by atoms with E-state index in [4.69, 9.17) is 0 Å². The van der Waals surface area contributed by atoms with Gasteiger partial charge in [-0.05, 0) is 21.0 Å². The van der Waals surface area contributed by atoms with E-state index in [1.54, 1.807) is 0 Å². The van der Waals surface area contributed by atoms with Gasteiger partial charge in [0.2, 0.25) is 0 Å². The van der Waals surface area contributed by atoms with Gasteiger partial charge in [-0.3, -0.25) is 4.68 Å². The number of hydrogen-bond acceptors (Lipinski definition) is 3. The number of nitrogens with zero attached hydrogens (tertiary/aromatic N) is 3. The smallest absolute Gasteiger partial charge is 0.0812 e. The molecule has 0 unspecified atom stereocenters. The van der Waals surface area contributed by atoms with Crippen molar-refractivity contribution in [3.63, 3.8) is 0 Å². The fourth-order valence-corrected chi connectivity index (χ4v) is 2.18. The Morgan fingerprint density at radius 3 is 2.93 bits per heavy atom. The Morgan fingerprint density at radius 1 is 1.47 bits per heavy atom. The van der Waals surface area contributed by atoms with Crippen molar-refractivity contribution in [2.75, 3.05) is 20.6 Å². The highest BCUT2D eigenvalue weighted by molar-refractivity contribution is 5.28. The molecule has 0 spiro atoms. The number of aryl methyl sites for hydroxylation is 1. The largest absolute Gasteiger partial charge is 0.312 e. The van der Waals surface area contributed by atoms with Crippen LogP contribution >= 0.6 is 0 Å². The molecule has 15 heavy (non-hydrogen) atoms. The molecule has 1 aromatic rings. The summed E-state index contributed by atoms with van der Waals surface area (Å²) in [6, 6.07) is 0. The third-order valence-electron chi connectivity index (χ3n) is 2.86. The van der Waals surface area contributed by atoms with Crippen LogP contribution in [-0.2, 0) is 26.1 Å². The number of nitrogens with one attached hydrogen (secondary N) is 1. The first-order chi connectivity index (χ1) is 7.22. The van der Waals surface area contributed by atoms with E-state index in [0.29, 0.717) is 0 Å². The summed E-state index contributed by atoms with van der Waals surface area (Å²) in [5.41, 5.74) is 4.11. The molecule has 4 heteroatoms. The predicted octanol–water partition coefficient (Wildman–Crippen LogP) is 0.610. The van der Waals surface area contributed by atoms with Crippen LogP contribution in [0.3, 0.4) is 0 Å². The molecule has 2 heterocycles. The molecule has 1 aliphatic rings. The van der Waals surface area contributed by atoms with Gasteiger partial charge in [0.1, 0.15) is 0 Å². The van der Waals surface area contributed by atoms with E-state index >= 15 is 0 Å². The topological polar surface area (TPSA) is 33.1 Å². The lowest BCUT2D eigenvalue weighted by Crippen LogP contribution is -2.25. The fraction of sp³-hybridized carbons (Fsp3) is 0.727. The normalized spacial score (nSPS) is 15.7. The van der Waals surface area contributed by atoms with Crippen molar-refractivity contribution in [3.8, 4) is 0 Å². The van der Waals surface area contributed by atoms with E-state index in [1.807, 2.05) is 0 Å². The molecule has 0 radical (unpaired) electrons. The van der Waals surface area contributed by atoms with Crippen LogP contribution in [0, 0.1) is 0 Å². The summed E-state index contributed by atoms with van der Waals surface area (Å²) in [5.74, 6) is 0. The van der Waals surface area contributed by atoms with Gasteiger partial charge in [-0.1, -0.05) is 0 Å². The zero-order chi connectivity index (χ0) is 10.8. The Balaban J connectivity index is 2.33. The second kappa shape index (κ2) is 4.33. The molecule has 2 rings (SSSR count). The van der Waals surface area contributed by atoms with Crippen LogP contribution in [0.5, 0.6) is 0 Å². The molecule has 1 aliphatic heterocycles. The molecular weight excluding hydrogens is 188 g/mol. The maximum Gasteiger partial charge on any atom is 0.0812 e. The Kier molecular flexibility index (Phi) is 3.07. The number of rotatable bonds is 3.